The number of carbonyl (C=O) groups excluding carboxylic acids is 2. The number of para-hydroxylation sites is 2. The van der Waals surface area contributed by atoms with Gasteiger partial charge in [0.25, 0.3) is 0 Å². The molecule has 6 heteroatoms. The number of anilines is 3. The number of benzene rings is 3. The van der Waals surface area contributed by atoms with E-state index < -0.39 is 0 Å². The second kappa shape index (κ2) is 10.1. The Morgan fingerprint density at radius 2 is 1.55 bits per heavy atom. The number of carbonyl (C=O) groups is 2. The fourth-order valence-corrected chi connectivity index (χ4v) is 6.32. The van der Waals surface area contributed by atoms with Gasteiger partial charge in [-0.3, -0.25) is 14.5 Å². The fraction of sp³-hybridized carbons (Fsp3) is 0.259. The van der Waals surface area contributed by atoms with Crippen molar-refractivity contribution in [3.63, 3.8) is 0 Å². The molecule has 3 aromatic rings. The largest absolute Gasteiger partial charge is 0.326 e. The standard InChI is InChI=1S/C27H26N2O2S2/c30-26(29-22-13-4-6-15-24(22)33-25-16-7-5-14-23(25)29)18-32-21-12-8-11-20(17-21)28-27(31)19-9-2-1-3-10-19/h4-8,11-17,19H,1-3,9-10,18H2,(H,28,31). The van der Waals surface area contributed by atoms with Crippen LogP contribution in [0, 0.1) is 5.92 Å². The molecular weight excluding hydrogens is 448 g/mol. The first-order valence-electron chi connectivity index (χ1n) is 11.4. The smallest absolute Gasteiger partial charge is 0.241 e. The third-order valence-corrected chi connectivity index (χ3v) is 8.23. The van der Waals surface area contributed by atoms with E-state index in [1.807, 2.05) is 65.6 Å². The van der Waals surface area contributed by atoms with Crippen LogP contribution in [0.4, 0.5) is 17.1 Å². The summed E-state index contributed by atoms with van der Waals surface area (Å²) in [5.74, 6) is 0.588. The van der Waals surface area contributed by atoms with Crippen molar-refractivity contribution in [2.75, 3.05) is 16.0 Å². The lowest BCUT2D eigenvalue weighted by molar-refractivity contribution is -0.120. The van der Waals surface area contributed by atoms with Gasteiger partial charge in [-0.05, 0) is 55.3 Å². The highest BCUT2D eigenvalue weighted by Crippen LogP contribution is 2.48. The van der Waals surface area contributed by atoms with E-state index in [1.54, 1.807) is 11.8 Å². The minimum atomic E-state index is 0.0387. The molecule has 2 aliphatic rings. The number of hydrogen-bond acceptors (Lipinski definition) is 4. The van der Waals surface area contributed by atoms with Gasteiger partial charge in [0.2, 0.25) is 11.8 Å². The maximum absolute atomic E-state index is 13.4. The molecule has 1 fully saturated rings. The Morgan fingerprint density at radius 3 is 2.24 bits per heavy atom. The molecule has 1 N–H and O–H groups in total. The molecule has 0 radical (unpaired) electrons. The zero-order valence-electron chi connectivity index (χ0n) is 18.3. The Hall–Kier alpha value is -2.70. The molecular formula is C27H26N2O2S2. The van der Waals surface area contributed by atoms with E-state index in [0.717, 1.165) is 57.4 Å². The quantitative estimate of drug-likeness (QED) is 0.400. The molecule has 0 saturated heterocycles. The molecule has 2 amide bonds. The van der Waals surface area contributed by atoms with Gasteiger partial charge in [-0.15, -0.1) is 11.8 Å². The number of rotatable bonds is 5. The van der Waals surface area contributed by atoms with Crippen LogP contribution in [0.1, 0.15) is 32.1 Å². The molecule has 5 rings (SSSR count). The molecule has 3 aromatic carbocycles. The zero-order valence-corrected chi connectivity index (χ0v) is 20.0. The van der Waals surface area contributed by atoms with Crippen LogP contribution in [0.2, 0.25) is 0 Å². The maximum Gasteiger partial charge on any atom is 0.241 e. The van der Waals surface area contributed by atoms with Gasteiger partial charge in [0, 0.05) is 26.3 Å². The van der Waals surface area contributed by atoms with Crippen molar-refractivity contribution in [3.8, 4) is 0 Å². The molecule has 0 bridgehead atoms. The van der Waals surface area contributed by atoms with E-state index in [-0.39, 0.29) is 17.7 Å². The summed E-state index contributed by atoms with van der Waals surface area (Å²) in [6, 6.07) is 23.9. The molecule has 0 atom stereocenters. The van der Waals surface area contributed by atoms with Crippen molar-refractivity contribution in [2.24, 2.45) is 5.92 Å². The molecule has 4 nitrogen and oxygen atoms in total. The lowest BCUT2D eigenvalue weighted by Gasteiger charge is -2.31. The summed E-state index contributed by atoms with van der Waals surface area (Å²) >= 11 is 3.20. The van der Waals surface area contributed by atoms with Crippen molar-refractivity contribution in [1.29, 1.82) is 0 Å². The Labute approximate surface area is 203 Å². The second-order valence-electron chi connectivity index (χ2n) is 8.41. The molecule has 1 aliphatic heterocycles. The summed E-state index contributed by atoms with van der Waals surface area (Å²) in [4.78, 5) is 31.0. The van der Waals surface area contributed by atoms with Gasteiger partial charge in [0.05, 0.1) is 17.1 Å². The lowest BCUT2D eigenvalue weighted by Crippen LogP contribution is -2.29. The van der Waals surface area contributed by atoms with Crippen LogP contribution in [0.25, 0.3) is 0 Å². The first-order valence-corrected chi connectivity index (χ1v) is 13.2. The van der Waals surface area contributed by atoms with E-state index >= 15 is 0 Å². The summed E-state index contributed by atoms with van der Waals surface area (Å²) < 4.78 is 0. The normalized spacial score (nSPS) is 15.5. The van der Waals surface area contributed by atoms with Gasteiger partial charge in [0.1, 0.15) is 0 Å². The maximum atomic E-state index is 13.4. The van der Waals surface area contributed by atoms with Gasteiger partial charge in [-0.1, -0.05) is 61.4 Å². The summed E-state index contributed by atoms with van der Waals surface area (Å²) in [6.07, 6.45) is 5.46. The fourth-order valence-electron chi connectivity index (χ4n) is 4.46. The van der Waals surface area contributed by atoms with E-state index in [4.69, 9.17) is 0 Å². The minimum Gasteiger partial charge on any atom is -0.326 e. The highest BCUT2D eigenvalue weighted by Gasteiger charge is 2.27. The van der Waals surface area contributed by atoms with Crippen LogP contribution < -0.4 is 10.2 Å². The Morgan fingerprint density at radius 1 is 0.879 bits per heavy atom. The summed E-state index contributed by atoms with van der Waals surface area (Å²) in [7, 11) is 0. The van der Waals surface area contributed by atoms with Gasteiger partial charge < -0.3 is 5.32 Å². The summed E-state index contributed by atoms with van der Waals surface area (Å²) in [5, 5.41) is 3.08. The summed E-state index contributed by atoms with van der Waals surface area (Å²) in [5.41, 5.74) is 2.66. The number of amides is 2. The number of nitrogens with zero attached hydrogens (tertiary/aromatic N) is 1. The molecule has 1 aliphatic carbocycles. The molecule has 0 aromatic heterocycles. The minimum absolute atomic E-state index is 0.0387. The average molecular weight is 475 g/mol. The van der Waals surface area contributed by atoms with Crippen molar-refractivity contribution in [1.82, 2.24) is 0 Å². The highest BCUT2D eigenvalue weighted by atomic mass is 32.2. The van der Waals surface area contributed by atoms with Crippen molar-refractivity contribution in [3.05, 3.63) is 72.8 Å². The van der Waals surface area contributed by atoms with Crippen LogP contribution in [-0.2, 0) is 9.59 Å². The third kappa shape index (κ3) is 4.97. The SMILES string of the molecule is O=C(Nc1cccc(SCC(=O)N2c3ccccc3Sc3ccccc32)c1)C1CCCCC1. The Kier molecular flexibility index (Phi) is 6.74. The predicted molar refractivity (Wildman–Crippen MR) is 137 cm³/mol. The second-order valence-corrected chi connectivity index (χ2v) is 10.5. The van der Waals surface area contributed by atoms with Crippen molar-refractivity contribution < 1.29 is 9.59 Å². The molecule has 0 unspecified atom stereocenters. The van der Waals surface area contributed by atoms with Crippen molar-refractivity contribution >= 4 is 52.4 Å². The van der Waals surface area contributed by atoms with E-state index in [2.05, 4.69) is 17.4 Å². The Bertz CT molecular complexity index is 1130. The average Bonchev–Trinajstić information content (AvgIpc) is 2.86. The molecule has 0 spiro atoms. The van der Waals surface area contributed by atoms with Crippen LogP contribution >= 0.6 is 23.5 Å². The number of thioether (sulfide) groups is 1. The highest BCUT2D eigenvalue weighted by molar-refractivity contribution is 8.00. The lowest BCUT2D eigenvalue weighted by atomic mass is 9.88. The first-order chi connectivity index (χ1) is 16.2. The third-order valence-electron chi connectivity index (χ3n) is 6.12. The molecule has 1 saturated carbocycles. The number of fused-ring (bicyclic) bond motifs is 2. The van der Waals surface area contributed by atoms with Gasteiger partial charge in [-0.25, -0.2) is 0 Å². The first kappa shape index (κ1) is 22.1. The summed E-state index contributed by atoms with van der Waals surface area (Å²) in [6.45, 7) is 0. The molecule has 1 heterocycles. The van der Waals surface area contributed by atoms with E-state index in [0.29, 0.717) is 5.75 Å². The van der Waals surface area contributed by atoms with E-state index in [9.17, 15) is 9.59 Å². The van der Waals surface area contributed by atoms with Crippen LogP contribution in [0.15, 0.2) is 87.5 Å². The Balaban J connectivity index is 1.28. The molecule has 168 valence electrons. The number of nitrogens with one attached hydrogen (secondary N) is 1. The predicted octanol–water partition coefficient (Wildman–Crippen LogP) is 7.13. The molecule has 33 heavy (non-hydrogen) atoms. The number of hydrogen-bond donors (Lipinski definition) is 1. The van der Waals surface area contributed by atoms with Crippen LogP contribution in [0.3, 0.4) is 0 Å². The van der Waals surface area contributed by atoms with Gasteiger partial charge >= 0.3 is 0 Å². The van der Waals surface area contributed by atoms with Gasteiger partial charge in [-0.2, -0.15) is 0 Å². The van der Waals surface area contributed by atoms with Crippen LogP contribution in [-0.4, -0.2) is 17.6 Å². The van der Waals surface area contributed by atoms with Gasteiger partial charge in [0.15, 0.2) is 0 Å². The van der Waals surface area contributed by atoms with E-state index in [1.165, 1.54) is 18.2 Å². The topological polar surface area (TPSA) is 49.4 Å². The van der Waals surface area contributed by atoms with Crippen LogP contribution in [0.5, 0.6) is 0 Å². The zero-order chi connectivity index (χ0) is 22.6. The van der Waals surface area contributed by atoms with Crippen molar-refractivity contribution in [2.45, 2.75) is 46.8 Å². The monoisotopic (exact) mass is 474 g/mol.